The van der Waals surface area contributed by atoms with Gasteiger partial charge in [-0.3, -0.25) is 4.55 Å². The Kier molecular flexibility index (Phi) is 5.24. The molecule has 0 aromatic heterocycles. The molecule has 8 heavy (non-hydrogen) atoms. The molecule has 0 aliphatic rings. The summed E-state index contributed by atoms with van der Waals surface area (Å²) < 4.78 is 27.8. The third-order valence-corrected chi connectivity index (χ3v) is 1.79. The zero-order chi connectivity index (χ0) is 6.08. The van der Waals surface area contributed by atoms with Gasteiger partial charge in [-0.05, 0) is 13.8 Å². The molecular weight excluding hydrogens is 140 g/mol. The predicted octanol–water partition coefficient (Wildman–Crippen LogP) is 0.127. The first kappa shape index (κ1) is 11.5. The summed E-state index contributed by atoms with van der Waals surface area (Å²) in [5.41, 5.74) is 0. The first-order valence-electron chi connectivity index (χ1n) is 1.91. The minimum absolute atomic E-state index is 0. The second-order valence-electron chi connectivity index (χ2n) is 1.56. The van der Waals surface area contributed by atoms with Gasteiger partial charge in [-0.25, -0.2) is 0 Å². The Morgan fingerprint density at radius 1 is 1.50 bits per heavy atom. The molecule has 0 amide bonds. The summed E-state index contributed by atoms with van der Waals surface area (Å²) in [5.74, 6) is 0. The van der Waals surface area contributed by atoms with E-state index in [4.69, 9.17) is 4.55 Å². The summed E-state index contributed by atoms with van der Waals surface area (Å²) in [4.78, 5) is 0. The van der Waals surface area contributed by atoms with Crippen LogP contribution in [-0.2, 0) is 10.1 Å². The Morgan fingerprint density at radius 3 is 1.62 bits per heavy atom. The minimum atomic E-state index is -3.74. The van der Waals surface area contributed by atoms with Gasteiger partial charge >= 0.3 is 23.1 Å². The SMILES string of the molecule is CC(C)S(=O)(=O)O.[H-].[H-].[Mg+2]. The second kappa shape index (κ2) is 3.65. The van der Waals surface area contributed by atoms with E-state index in [1.165, 1.54) is 13.8 Å². The van der Waals surface area contributed by atoms with Gasteiger partial charge in [0.1, 0.15) is 0 Å². The fraction of sp³-hybridized carbons (Fsp3) is 1.00. The number of rotatable bonds is 1. The fourth-order valence-corrected chi connectivity index (χ4v) is 0. The van der Waals surface area contributed by atoms with E-state index >= 15 is 0 Å². The molecule has 0 unspecified atom stereocenters. The second-order valence-corrected chi connectivity index (χ2v) is 3.54. The molecular formula is C3H10MgO3S. The monoisotopic (exact) mass is 150 g/mol. The fourth-order valence-electron chi connectivity index (χ4n) is 0. The Hall–Kier alpha value is 0.676. The van der Waals surface area contributed by atoms with E-state index in [0.717, 1.165) is 0 Å². The molecule has 0 spiro atoms. The molecule has 0 rings (SSSR count). The number of hydrogen-bond acceptors (Lipinski definition) is 2. The van der Waals surface area contributed by atoms with Gasteiger partial charge in [0.15, 0.2) is 0 Å². The molecule has 0 fully saturated rings. The predicted molar refractivity (Wildman–Crippen MR) is 34.7 cm³/mol. The zero-order valence-electron chi connectivity index (χ0n) is 6.96. The first-order chi connectivity index (χ1) is 2.94. The van der Waals surface area contributed by atoms with Crippen LogP contribution >= 0.6 is 0 Å². The van der Waals surface area contributed by atoms with Crippen molar-refractivity contribution >= 4 is 33.2 Å². The Labute approximate surface area is 68.3 Å². The molecule has 0 saturated carbocycles. The van der Waals surface area contributed by atoms with Crippen molar-refractivity contribution in [2.24, 2.45) is 0 Å². The summed E-state index contributed by atoms with van der Waals surface area (Å²) in [7, 11) is -3.74. The smallest absolute Gasteiger partial charge is 1.00 e. The summed E-state index contributed by atoms with van der Waals surface area (Å²) >= 11 is 0. The Bertz CT molecular complexity index is 144. The van der Waals surface area contributed by atoms with Gasteiger partial charge in [-0.15, -0.1) is 0 Å². The zero-order valence-corrected chi connectivity index (χ0v) is 7.19. The van der Waals surface area contributed by atoms with E-state index < -0.39 is 15.4 Å². The van der Waals surface area contributed by atoms with Crippen LogP contribution < -0.4 is 0 Å². The molecule has 0 aromatic rings. The summed E-state index contributed by atoms with van der Waals surface area (Å²) in [5, 5.41) is -0.674. The van der Waals surface area contributed by atoms with Crippen LogP contribution in [0.1, 0.15) is 16.7 Å². The van der Waals surface area contributed by atoms with Crippen LogP contribution in [0.25, 0.3) is 0 Å². The maximum atomic E-state index is 9.89. The third kappa shape index (κ3) is 4.83. The van der Waals surface area contributed by atoms with Gasteiger partial charge in [0.05, 0.1) is 5.25 Å². The normalized spacial score (nSPS) is 11.0. The van der Waals surface area contributed by atoms with Crippen molar-refractivity contribution in [1.82, 2.24) is 0 Å². The molecule has 0 aromatic carbocycles. The van der Waals surface area contributed by atoms with Crippen LogP contribution in [0.2, 0.25) is 0 Å². The molecule has 0 heterocycles. The number of hydrogen-bond donors (Lipinski definition) is 1. The van der Waals surface area contributed by atoms with Crippen molar-refractivity contribution in [3.63, 3.8) is 0 Å². The average Bonchev–Trinajstić information content (AvgIpc) is 1.31. The van der Waals surface area contributed by atoms with E-state index in [0.29, 0.717) is 0 Å². The van der Waals surface area contributed by atoms with Gasteiger partial charge in [-0.1, -0.05) is 0 Å². The summed E-state index contributed by atoms with van der Waals surface area (Å²) in [6, 6.07) is 0. The first-order valence-corrected chi connectivity index (χ1v) is 3.41. The van der Waals surface area contributed by atoms with Crippen LogP contribution in [-0.4, -0.2) is 41.3 Å². The average molecular weight is 150 g/mol. The van der Waals surface area contributed by atoms with Crippen molar-refractivity contribution in [2.45, 2.75) is 19.1 Å². The third-order valence-electron chi connectivity index (χ3n) is 0.596. The van der Waals surface area contributed by atoms with E-state index in [-0.39, 0.29) is 25.9 Å². The van der Waals surface area contributed by atoms with Gasteiger partial charge in [0.2, 0.25) is 0 Å². The maximum Gasteiger partial charge on any atom is 2.00 e. The largest absolute Gasteiger partial charge is 2.00 e. The maximum absolute atomic E-state index is 9.89. The van der Waals surface area contributed by atoms with Crippen LogP contribution in [0.3, 0.4) is 0 Å². The Morgan fingerprint density at radius 2 is 1.62 bits per heavy atom. The van der Waals surface area contributed by atoms with Gasteiger partial charge in [0, 0.05) is 0 Å². The molecule has 0 atom stereocenters. The van der Waals surface area contributed by atoms with Crippen molar-refractivity contribution in [2.75, 3.05) is 0 Å². The van der Waals surface area contributed by atoms with Crippen molar-refractivity contribution in [3.8, 4) is 0 Å². The van der Waals surface area contributed by atoms with Crippen LogP contribution in [0.15, 0.2) is 0 Å². The minimum Gasteiger partial charge on any atom is -1.00 e. The van der Waals surface area contributed by atoms with Gasteiger partial charge in [0.25, 0.3) is 10.1 Å². The van der Waals surface area contributed by atoms with E-state index in [1.807, 2.05) is 0 Å². The Balaban J connectivity index is -0.0000000600. The van der Waals surface area contributed by atoms with E-state index in [2.05, 4.69) is 0 Å². The van der Waals surface area contributed by atoms with Crippen molar-refractivity contribution in [3.05, 3.63) is 0 Å². The molecule has 5 heteroatoms. The molecule has 48 valence electrons. The quantitative estimate of drug-likeness (QED) is 0.427. The molecule has 1 N–H and O–H groups in total. The van der Waals surface area contributed by atoms with Crippen molar-refractivity contribution in [1.29, 1.82) is 0 Å². The van der Waals surface area contributed by atoms with Crippen LogP contribution in [0, 0.1) is 0 Å². The van der Waals surface area contributed by atoms with Crippen molar-refractivity contribution < 1.29 is 15.8 Å². The summed E-state index contributed by atoms with van der Waals surface area (Å²) in [6.45, 7) is 2.82. The molecule has 0 saturated heterocycles. The molecule has 0 aliphatic carbocycles. The molecule has 0 bridgehead atoms. The van der Waals surface area contributed by atoms with Crippen LogP contribution in [0.4, 0.5) is 0 Å². The topological polar surface area (TPSA) is 54.4 Å². The van der Waals surface area contributed by atoms with Crippen LogP contribution in [0.5, 0.6) is 0 Å². The summed E-state index contributed by atoms with van der Waals surface area (Å²) in [6.07, 6.45) is 0. The molecule has 0 aliphatic heterocycles. The standard InChI is InChI=1S/C3H8O3S.Mg.2H/c1-3(2)7(4,5)6;;;/h3H,1-2H3,(H,4,5,6);;;/q;+2;2*-1. The molecule has 0 radical (unpaired) electrons. The van der Waals surface area contributed by atoms with Gasteiger partial charge < -0.3 is 2.85 Å². The molecule has 3 nitrogen and oxygen atoms in total. The van der Waals surface area contributed by atoms with Gasteiger partial charge in [-0.2, -0.15) is 8.42 Å². The van der Waals surface area contributed by atoms with E-state index in [1.54, 1.807) is 0 Å². The van der Waals surface area contributed by atoms with E-state index in [9.17, 15) is 8.42 Å².